The second kappa shape index (κ2) is 6.57. The van der Waals surface area contributed by atoms with Crippen LogP contribution in [0, 0.1) is 0 Å². The average Bonchev–Trinajstić information content (AvgIpc) is 3.02. The fourth-order valence-corrected chi connectivity index (χ4v) is 4.76. The summed E-state index contributed by atoms with van der Waals surface area (Å²) in [6.45, 7) is 1.44. The van der Waals surface area contributed by atoms with Gasteiger partial charge in [-0.1, -0.05) is 25.0 Å². The summed E-state index contributed by atoms with van der Waals surface area (Å²) < 4.78 is 7.06. The Bertz CT molecular complexity index is 664. The molecule has 0 bridgehead atoms. The summed E-state index contributed by atoms with van der Waals surface area (Å²) in [5.41, 5.74) is 1.04. The number of amides is 1. The number of para-hydroxylation sites is 1. The number of fused-ring (bicyclic) bond motifs is 2. The number of carbonyl (C=O) groups is 1. The van der Waals surface area contributed by atoms with Crippen LogP contribution in [0.4, 0.5) is 0 Å². The largest absolute Gasteiger partial charge is 0.374 e. The SMILES string of the molecule is O=C(CCc1nc2ccccc2s1)N1CCOC2CCCCC21. The van der Waals surface area contributed by atoms with Gasteiger partial charge in [-0.25, -0.2) is 4.98 Å². The lowest BCUT2D eigenvalue weighted by atomic mass is 9.90. The Morgan fingerprint density at radius 2 is 2.17 bits per heavy atom. The molecule has 1 saturated heterocycles. The number of hydrogen-bond donors (Lipinski definition) is 0. The van der Waals surface area contributed by atoms with Gasteiger partial charge in [0.05, 0.1) is 34.0 Å². The molecule has 2 unspecified atom stereocenters. The van der Waals surface area contributed by atoms with Crippen LogP contribution in [0.15, 0.2) is 24.3 Å². The maximum atomic E-state index is 12.7. The quantitative estimate of drug-likeness (QED) is 0.866. The third-order valence-corrected chi connectivity index (χ3v) is 6.04. The van der Waals surface area contributed by atoms with E-state index < -0.39 is 0 Å². The smallest absolute Gasteiger partial charge is 0.223 e. The normalized spacial score (nSPS) is 24.6. The van der Waals surface area contributed by atoms with Gasteiger partial charge < -0.3 is 9.64 Å². The zero-order valence-electron chi connectivity index (χ0n) is 13.2. The molecule has 1 amide bonds. The molecule has 122 valence electrons. The van der Waals surface area contributed by atoms with Crippen molar-refractivity contribution in [3.05, 3.63) is 29.3 Å². The van der Waals surface area contributed by atoms with E-state index in [2.05, 4.69) is 16.0 Å². The van der Waals surface area contributed by atoms with Crippen LogP contribution in [0.1, 0.15) is 37.1 Å². The minimum atomic E-state index is 0.268. The first-order valence-electron chi connectivity index (χ1n) is 8.57. The molecule has 2 aliphatic rings. The number of carbonyl (C=O) groups excluding carboxylic acids is 1. The van der Waals surface area contributed by atoms with Crippen LogP contribution in [0.5, 0.6) is 0 Å². The number of hydrogen-bond acceptors (Lipinski definition) is 4. The maximum Gasteiger partial charge on any atom is 0.223 e. The molecule has 23 heavy (non-hydrogen) atoms. The summed E-state index contributed by atoms with van der Waals surface area (Å²) in [5, 5.41) is 1.06. The van der Waals surface area contributed by atoms with E-state index in [1.165, 1.54) is 17.5 Å². The van der Waals surface area contributed by atoms with Crippen molar-refractivity contribution in [2.24, 2.45) is 0 Å². The minimum absolute atomic E-state index is 0.268. The lowest BCUT2D eigenvalue weighted by Crippen LogP contribution is -2.54. The van der Waals surface area contributed by atoms with Gasteiger partial charge in [-0.05, 0) is 25.0 Å². The molecule has 1 aromatic carbocycles. The Balaban J connectivity index is 1.40. The topological polar surface area (TPSA) is 42.4 Å². The molecule has 1 saturated carbocycles. The average molecular weight is 330 g/mol. The van der Waals surface area contributed by atoms with E-state index in [4.69, 9.17) is 4.74 Å². The molecule has 2 atom stereocenters. The predicted octanol–water partition coefficient (Wildman–Crippen LogP) is 3.40. The fourth-order valence-electron chi connectivity index (χ4n) is 3.79. The molecule has 5 heteroatoms. The van der Waals surface area contributed by atoms with Crippen molar-refractivity contribution in [3.8, 4) is 0 Å². The summed E-state index contributed by atoms with van der Waals surface area (Å²) in [4.78, 5) is 19.4. The Labute approximate surface area is 140 Å². The van der Waals surface area contributed by atoms with Gasteiger partial charge in [0.2, 0.25) is 5.91 Å². The van der Waals surface area contributed by atoms with Crippen molar-refractivity contribution in [2.75, 3.05) is 13.2 Å². The molecular weight excluding hydrogens is 308 g/mol. The number of aromatic nitrogens is 1. The van der Waals surface area contributed by atoms with Gasteiger partial charge in [-0.3, -0.25) is 4.79 Å². The molecule has 0 spiro atoms. The fraction of sp³-hybridized carbons (Fsp3) is 0.556. The van der Waals surface area contributed by atoms with Crippen LogP contribution in [0.2, 0.25) is 0 Å². The molecule has 1 aromatic heterocycles. The molecule has 2 heterocycles. The van der Waals surface area contributed by atoms with Gasteiger partial charge in [0.1, 0.15) is 0 Å². The van der Waals surface area contributed by atoms with Gasteiger partial charge in [0.15, 0.2) is 0 Å². The highest BCUT2D eigenvalue weighted by Gasteiger charge is 2.36. The Morgan fingerprint density at radius 3 is 3.09 bits per heavy atom. The zero-order valence-corrected chi connectivity index (χ0v) is 14.1. The lowest BCUT2D eigenvalue weighted by molar-refractivity contribution is -0.149. The van der Waals surface area contributed by atoms with Crippen molar-refractivity contribution in [2.45, 2.75) is 50.7 Å². The summed E-state index contributed by atoms with van der Waals surface area (Å²) in [6, 6.07) is 8.47. The molecule has 4 rings (SSSR count). The van der Waals surface area contributed by atoms with Crippen LogP contribution < -0.4 is 0 Å². The van der Waals surface area contributed by atoms with Crippen molar-refractivity contribution in [3.63, 3.8) is 0 Å². The van der Waals surface area contributed by atoms with Gasteiger partial charge in [0.25, 0.3) is 0 Å². The van der Waals surface area contributed by atoms with Crippen LogP contribution in [-0.4, -0.2) is 41.1 Å². The van der Waals surface area contributed by atoms with Gasteiger partial charge in [-0.15, -0.1) is 11.3 Å². The van der Waals surface area contributed by atoms with Crippen molar-refractivity contribution < 1.29 is 9.53 Å². The van der Waals surface area contributed by atoms with Crippen LogP contribution in [0.25, 0.3) is 10.2 Å². The molecule has 4 nitrogen and oxygen atoms in total. The van der Waals surface area contributed by atoms with Crippen molar-refractivity contribution in [1.29, 1.82) is 0 Å². The van der Waals surface area contributed by atoms with E-state index >= 15 is 0 Å². The highest BCUT2D eigenvalue weighted by molar-refractivity contribution is 7.18. The number of nitrogens with zero attached hydrogens (tertiary/aromatic N) is 2. The predicted molar refractivity (Wildman–Crippen MR) is 91.7 cm³/mol. The zero-order chi connectivity index (χ0) is 15.6. The number of thiazole rings is 1. The second-order valence-electron chi connectivity index (χ2n) is 6.42. The van der Waals surface area contributed by atoms with Gasteiger partial charge in [0, 0.05) is 19.4 Å². The molecule has 2 fully saturated rings. The summed E-state index contributed by atoms with van der Waals surface area (Å²) in [5.74, 6) is 0.268. The first kappa shape index (κ1) is 15.1. The summed E-state index contributed by atoms with van der Waals surface area (Å²) in [6.07, 6.45) is 6.21. The number of morpholine rings is 1. The molecule has 0 radical (unpaired) electrons. The third kappa shape index (κ3) is 3.12. The van der Waals surface area contributed by atoms with E-state index in [9.17, 15) is 4.79 Å². The van der Waals surface area contributed by atoms with Crippen LogP contribution in [0.3, 0.4) is 0 Å². The first-order chi connectivity index (χ1) is 11.3. The standard InChI is InChI=1S/C18H22N2O2S/c21-18(20-11-12-22-15-7-3-2-6-14(15)20)10-9-17-19-13-5-1-4-8-16(13)23-17/h1,4-5,8,14-15H,2-3,6-7,9-12H2. The molecular formula is C18H22N2O2S. The summed E-state index contributed by atoms with van der Waals surface area (Å²) in [7, 11) is 0. The monoisotopic (exact) mass is 330 g/mol. The van der Waals surface area contributed by atoms with Crippen LogP contribution in [-0.2, 0) is 16.0 Å². The summed E-state index contributed by atoms with van der Waals surface area (Å²) >= 11 is 1.70. The number of rotatable bonds is 3. The maximum absolute atomic E-state index is 12.7. The van der Waals surface area contributed by atoms with Crippen LogP contribution >= 0.6 is 11.3 Å². The molecule has 2 aromatic rings. The van der Waals surface area contributed by atoms with E-state index in [1.807, 2.05) is 18.2 Å². The lowest BCUT2D eigenvalue weighted by Gasteiger charge is -2.43. The number of ether oxygens (including phenoxy) is 1. The Hall–Kier alpha value is -1.46. The minimum Gasteiger partial charge on any atom is -0.374 e. The van der Waals surface area contributed by atoms with Crippen molar-refractivity contribution in [1.82, 2.24) is 9.88 Å². The van der Waals surface area contributed by atoms with E-state index in [-0.39, 0.29) is 12.0 Å². The third-order valence-electron chi connectivity index (χ3n) is 4.94. The second-order valence-corrected chi connectivity index (χ2v) is 7.54. The molecule has 1 aliphatic heterocycles. The van der Waals surface area contributed by atoms with Crippen molar-refractivity contribution >= 4 is 27.5 Å². The molecule has 1 aliphatic carbocycles. The Morgan fingerprint density at radius 1 is 1.30 bits per heavy atom. The highest BCUT2D eigenvalue weighted by atomic mass is 32.1. The molecule has 0 N–H and O–H groups in total. The van der Waals surface area contributed by atoms with Gasteiger partial charge >= 0.3 is 0 Å². The van der Waals surface area contributed by atoms with E-state index in [0.717, 1.165) is 36.3 Å². The first-order valence-corrected chi connectivity index (χ1v) is 9.38. The number of aryl methyl sites for hydroxylation is 1. The van der Waals surface area contributed by atoms with E-state index in [1.54, 1.807) is 11.3 Å². The van der Waals surface area contributed by atoms with E-state index in [0.29, 0.717) is 19.1 Å². The number of benzene rings is 1. The highest BCUT2D eigenvalue weighted by Crippen LogP contribution is 2.29. The Kier molecular flexibility index (Phi) is 4.31. The van der Waals surface area contributed by atoms with Gasteiger partial charge in [-0.2, -0.15) is 0 Å².